The first-order valence-corrected chi connectivity index (χ1v) is 29.0. The number of fused-ring (bicyclic) bond motifs is 1. The standard InChI is InChI=1S/C51H73N9O17S2.C2HF3O2/c1-46(2,3)72-41(64)51(15,76-56-37(34-28-78-42(53-34)55-44(66)74-48(7,8)9)39(62)54-38-40(63)60(50(38,13)14)77-79(68,69)70)36-19-17-31-20-30(16-18-35(31)71-36)32-25-58(24-29-22-57(23-29)45(67)75-49(10,11)12)59(26-32)27-33(61)21-52-43(65)73-47(4,5)6;3-2(4,5)1(6)7/h16,18,20,25-26,28-29,33,36,38,61H,17,19,21-24,27H2,1-15H3,(H3-,52,53,54,55,62,65,66,68,69,70);(H,6,7)/b56-37-;/t33?,36-,38-,51?;/m1./s1. The number of nitrogens with zero attached hydrogens (tertiary/aromatic N) is 6. The number of aliphatic hydroxyl groups excluding tert-OH is 1. The van der Waals surface area contributed by atoms with Crippen molar-refractivity contribution in [3.63, 3.8) is 0 Å². The molecular formula is C53H74F3N9O19S2. The molecule has 86 heavy (non-hydrogen) atoms. The number of ether oxygens (including phenoxy) is 5. The van der Waals surface area contributed by atoms with Crippen LogP contribution < -0.4 is 30.5 Å². The first-order chi connectivity index (χ1) is 39.1. The first-order valence-electron chi connectivity index (χ1n) is 26.7. The molecule has 3 aromatic rings. The summed E-state index contributed by atoms with van der Waals surface area (Å²) >= 11 is 0.885. The van der Waals surface area contributed by atoms with Crippen LogP contribution in [-0.4, -0.2) is 163 Å². The highest BCUT2D eigenvalue weighted by Crippen LogP contribution is 2.38. The van der Waals surface area contributed by atoms with Gasteiger partial charge in [0.25, 0.3) is 17.4 Å². The van der Waals surface area contributed by atoms with Gasteiger partial charge >= 0.3 is 40.8 Å². The van der Waals surface area contributed by atoms with Gasteiger partial charge in [0.2, 0.25) is 6.20 Å². The third kappa shape index (κ3) is 19.6. The molecule has 5 amide bonds. The number of benzene rings is 1. The lowest BCUT2D eigenvalue weighted by atomic mass is 9.84. The summed E-state index contributed by atoms with van der Waals surface area (Å²) in [6.45, 7) is 26.1. The van der Waals surface area contributed by atoms with E-state index in [1.807, 2.05) is 33.9 Å². The number of β-lactam (4-membered cyclic amide) rings is 1. The fourth-order valence-electron chi connectivity index (χ4n) is 8.35. The summed E-state index contributed by atoms with van der Waals surface area (Å²) in [5, 5.41) is 33.4. The van der Waals surface area contributed by atoms with E-state index in [9.17, 15) is 60.0 Å². The van der Waals surface area contributed by atoms with Crippen molar-refractivity contribution in [3.8, 4) is 16.9 Å². The molecule has 28 nitrogen and oxygen atoms in total. The van der Waals surface area contributed by atoms with Crippen molar-refractivity contribution in [3.05, 3.63) is 47.2 Å². The number of rotatable bonds is 17. The summed E-state index contributed by atoms with van der Waals surface area (Å²) in [6.07, 6.45) is -4.91. The molecular weight excluding hydrogens is 1190 g/mol. The largest absolute Gasteiger partial charge is 0.542 e. The zero-order chi connectivity index (χ0) is 65.1. The number of alkyl carbamates (subject to hydrolysis) is 1. The number of oxime groups is 1. The number of nitrogens with one attached hydrogen (secondary N) is 3. The van der Waals surface area contributed by atoms with E-state index in [-0.39, 0.29) is 36.3 Å². The van der Waals surface area contributed by atoms with E-state index in [0.29, 0.717) is 36.9 Å². The van der Waals surface area contributed by atoms with Gasteiger partial charge in [-0.1, -0.05) is 11.2 Å². The second kappa shape index (κ2) is 25.9. The Bertz CT molecular complexity index is 3150. The highest BCUT2D eigenvalue weighted by molar-refractivity contribution is 7.80. The van der Waals surface area contributed by atoms with Gasteiger partial charge in [-0.3, -0.25) is 19.5 Å². The van der Waals surface area contributed by atoms with Gasteiger partial charge in [0, 0.05) is 25.0 Å². The van der Waals surface area contributed by atoms with Gasteiger partial charge in [-0.25, -0.2) is 24.2 Å². The third-order valence-corrected chi connectivity index (χ3v) is 13.3. The molecule has 3 aliphatic heterocycles. The Balaban J connectivity index is 0.00000181. The highest BCUT2D eigenvalue weighted by atomic mass is 32.3. The SMILES string of the molecule is CC(C)(C)OC(=O)NCC(O)Cn1cc(-c2ccc3c(c2)CC[C@H](C(C)(O/N=C(\C(=O)N[C@@H]2C(=O)N(OS(=O)(=O)O)C2(C)C)c2csc(NC(=O)OC(C)(C)C)n2)C(=O)OC(C)(C)C)O3)c[n+]1CC1CN(C(=O)OC(C)(C)C)C1.O=C([O-])C(F)(F)F. The van der Waals surface area contributed by atoms with E-state index in [1.54, 1.807) is 94.1 Å². The number of aromatic nitrogens is 3. The van der Waals surface area contributed by atoms with Crippen LogP contribution in [-0.2, 0) is 77.2 Å². The number of carboxylic acid groups (broad SMARTS) is 1. The van der Waals surface area contributed by atoms with Crippen LogP contribution in [0.4, 0.5) is 32.7 Å². The Hall–Kier alpha value is -7.36. The summed E-state index contributed by atoms with van der Waals surface area (Å²) in [4.78, 5) is 100. The van der Waals surface area contributed by atoms with Crippen molar-refractivity contribution < 1.29 is 107 Å². The van der Waals surface area contributed by atoms with Crippen LogP contribution in [0.1, 0.15) is 122 Å². The van der Waals surface area contributed by atoms with Crippen LogP contribution in [0.15, 0.2) is 41.1 Å². The third-order valence-electron chi connectivity index (χ3n) is 12.2. The average Bonchev–Trinajstić information content (AvgIpc) is 1.09. The summed E-state index contributed by atoms with van der Waals surface area (Å²) in [5.41, 5.74) is -5.35. The fraction of sp³-hybridized carbons (Fsp3) is 0.623. The van der Waals surface area contributed by atoms with Gasteiger partial charge in [-0.05, 0) is 140 Å². The quantitative estimate of drug-likeness (QED) is 0.0238. The molecule has 3 aliphatic rings. The number of aliphatic carboxylic acids is 1. The van der Waals surface area contributed by atoms with Gasteiger partial charge in [0.05, 0.1) is 29.3 Å². The molecule has 6 rings (SSSR count). The van der Waals surface area contributed by atoms with E-state index in [1.165, 1.54) is 26.2 Å². The van der Waals surface area contributed by atoms with Crippen LogP contribution >= 0.6 is 11.3 Å². The smallest absolute Gasteiger partial charge is 0.430 e. The average molecular weight is 1260 g/mol. The summed E-state index contributed by atoms with van der Waals surface area (Å²) in [5.74, 6) is -5.58. The zero-order valence-corrected chi connectivity index (χ0v) is 51.8. The normalized spacial score (nSPS) is 18.4. The number of aryl methyl sites for hydroxylation is 1. The van der Waals surface area contributed by atoms with Crippen molar-refractivity contribution >= 4 is 74.6 Å². The molecule has 478 valence electrons. The minimum Gasteiger partial charge on any atom is -0.542 e. The number of alkyl halides is 3. The van der Waals surface area contributed by atoms with Gasteiger partial charge in [-0.2, -0.15) is 31.3 Å². The number of anilines is 1. The van der Waals surface area contributed by atoms with Crippen LogP contribution in [0.2, 0.25) is 0 Å². The number of carbonyl (C=O) groups excluding carboxylic acids is 7. The van der Waals surface area contributed by atoms with Crippen LogP contribution in [0.25, 0.3) is 11.1 Å². The lowest BCUT2D eigenvalue weighted by molar-refractivity contribution is -0.782. The Morgan fingerprint density at radius 2 is 1.49 bits per heavy atom. The maximum absolute atomic E-state index is 14.4. The molecule has 5 N–H and O–H groups in total. The number of esters is 1. The molecule has 2 unspecified atom stereocenters. The fourth-order valence-corrected chi connectivity index (χ4v) is 9.48. The van der Waals surface area contributed by atoms with Gasteiger partial charge < -0.3 is 59.1 Å². The Kier molecular flexibility index (Phi) is 20.9. The minimum atomic E-state index is -5.19. The number of halogens is 3. The molecule has 5 heterocycles. The Labute approximate surface area is 498 Å². The number of aliphatic hydroxyl groups is 1. The van der Waals surface area contributed by atoms with Crippen LogP contribution in [0.3, 0.4) is 0 Å². The summed E-state index contributed by atoms with van der Waals surface area (Å²) in [6, 6.07) is 4.06. The molecule has 0 aliphatic carbocycles. The minimum absolute atomic E-state index is 0.0272. The van der Waals surface area contributed by atoms with Gasteiger partial charge in [0.15, 0.2) is 23.5 Å². The van der Waals surface area contributed by atoms with E-state index < -0.39 is 116 Å². The maximum Gasteiger partial charge on any atom is 0.430 e. The number of likely N-dealkylation sites (tertiary alicyclic amines) is 1. The summed E-state index contributed by atoms with van der Waals surface area (Å²) < 4.78 is 101. The molecule has 2 saturated heterocycles. The number of hydrogen-bond acceptors (Lipinski definition) is 21. The predicted octanol–water partition coefficient (Wildman–Crippen LogP) is 4.35. The molecule has 4 atom stereocenters. The molecule has 0 radical (unpaired) electrons. The second-order valence-corrected chi connectivity index (χ2v) is 26.9. The van der Waals surface area contributed by atoms with E-state index in [2.05, 4.69) is 30.4 Å². The van der Waals surface area contributed by atoms with Crippen LogP contribution in [0, 0.1) is 5.92 Å². The molecule has 1 aromatic carbocycles. The zero-order valence-electron chi connectivity index (χ0n) is 50.2. The number of carbonyl (C=O) groups is 7. The molecule has 0 bridgehead atoms. The summed E-state index contributed by atoms with van der Waals surface area (Å²) in [7, 11) is -5.13. The highest BCUT2D eigenvalue weighted by Gasteiger charge is 2.58. The van der Waals surface area contributed by atoms with E-state index >= 15 is 0 Å². The number of amides is 5. The molecule has 0 spiro atoms. The lowest BCUT2D eigenvalue weighted by Gasteiger charge is -2.50. The Morgan fingerprint density at radius 3 is 2.03 bits per heavy atom. The van der Waals surface area contributed by atoms with Crippen LogP contribution in [0.5, 0.6) is 5.75 Å². The molecule has 2 fully saturated rings. The van der Waals surface area contributed by atoms with E-state index in [0.717, 1.165) is 28.0 Å². The predicted molar refractivity (Wildman–Crippen MR) is 295 cm³/mol. The Morgan fingerprint density at radius 1 is 0.907 bits per heavy atom. The number of carboxylic acids is 1. The van der Waals surface area contributed by atoms with Crippen molar-refractivity contribution in [2.24, 2.45) is 11.1 Å². The van der Waals surface area contributed by atoms with Crippen molar-refractivity contribution in [1.82, 2.24) is 30.3 Å². The van der Waals surface area contributed by atoms with Crippen molar-refractivity contribution in [2.45, 2.75) is 188 Å². The maximum atomic E-state index is 14.4. The van der Waals surface area contributed by atoms with Gasteiger partial charge in [-0.15, -0.1) is 20.3 Å². The number of hydrogen-bond donors (Lipinski definition) is 5. The number of thiazole rings is 1. The topological polar surface area (TPSA) is 358 Å². The first kappa shape index (κ1) is 69.4. The second-order valence-electron chi connectivity index (χ2n) is 25.0. The molecule has 0 saturated carbocycles. The number of hydroxylamine groups is 2. The molecule has 2 aromatic heterocycles. The lowest BCUT2D eigenvalue weighted by Crippen LogP contribution is -2.76. The monoisotopic (exact) mass is 1260 g/mol. The molecule has 33 heteroatoms. The van der Waals surface area contributed by atoms with Crippen molar-refractivity contribution in [2.75, 3.05) is 25.0 Å². The van der Waals surface area contributed by atoms with E-state index in [4.69, 9.17) is 38.4 Å². The van der Waals surface area contributed by atoms with Crippen molar-refractivity contribution in [1.29, 1.82) is 0 Å². The van der Waals surface area contributed by atoms with Gasteiger partial charge in [0.1, 0.15) is 52.4 Å².